The number of hydrogen-bond donors (Lipinski definition) is 0. The van der Waals surface area contributed by atoms with Gasteiger partial charge in [0.05, 0.1) is 11.0 Å². The molecule has 3 aromatic heterocycles. The summed E-state index contributed by atoms with van der Waals surface area (Å²) in [5, 5.41) is 3.81. The lowest BCUT2D eigenvalue weighted by Gasteiger charge is -1.94. The Labute approximate surface area is 105 Å². The lowest BCUT2D eigenvalue weighted by molar-refractivity contribution is 0.619. The minimum absolute atomic E-state index is 0.555. The van der Waals surface area contributed by atoms with Gasteiger partial charge in [-0.1, -0.05) is 23.7 Å². The van der Waals surface area contributed by atoms with E-state index in [0.29, 0.717) is 5.15 Å². The van der Waals surface area contributed by atoms with Crippen LogP contribution in [0, 0.1) is 0 Å². The number of nitrogens with zero attached hydrogens (tertiary/aromatic N) is 1. The van der Waals surface area contributed by atoms with Gasteiger partial charge in [-0.2, -0.15) is 0 Å². The smallest absolute Gasteiger partial charge is 0.151 e. The number of rotatable bonds is 0. The van der Waals surface area contributed by atoms with Crippen molar-refractivity contribution < 1.29 is 4.42 Å². The summed E-state index contributed by atoms with van der Waals surface area (Å²) in [7, 11) is 0. The largest absolute Gasteiger partial charge is 0.463 e. The molecule has 4 rings (SSSR count). The molecule has 2 nitrogen and oxygen atoms in total. The quantitative estimate of drug-likeness (QED) is 0.422. The van der Waals surface area contributed by atoms with Gasteiger partial charge in [0, 0.05) is 27.1 Å². The molecule has 1 aromatic carbocycles. The molecule has 0 aliphatic rings. The Morgan fingerprint density at radius 1 is 1.18 bits per heavy atom. The molecule has 4 aromatic rings. The minimum Gasteiger partial charge on any atom is -0.463 e. The zero-order chi connectivity index (χ0) is 11.4. The summed E-state index contributed by atoms with van der Waals surface area (Å²) < 4.78 is 7.83. The third-order valence-corrected chi connectivity index (χ3v) is 4.38. The summed E-state index contributed by atoms with van der Waals surface area (Å²) in [6.07, 6.45) is 3.45. The maximum absolute atomic E-state index is 6.17. The van der Waals surface area contributed by atoms with Crippen LogP contribution < -0.4 is 0 Å². The van der Waals surface area contributed by atoms with E-state index in [4.69, 9.17) is 16.0 Å². The lowest BCUT2D eigenvalue weighted by Crippen LogP contribution is -1.73. The molecule has 3 heterocycles. The molecule has 4 heteroatoms. The van der Waals surface area contributed by atoms with Gasteiger partial charge in [-0.3, -0.25) is 0 Å². The Hall–Kier alpha value is -1.58. The third-order valence-electron chi connectivity index (χ3n) is 2.92. The summed E-state index contributed by atoms with van der Waals surface area (Å²) in [5.41, 5.74) is 0.930. The fourth-order valence-corrected chi connectivity index (χ4v) is 3.68. The average Bonchev–Trinajstić information content (AvgIpc) is 2.91. The SMILES string of the molecule is Clc1nccc2sc3c(ccc4ccoc43)c12. The van der Waals surface area contributed by atoms with Gasteiger partial charge in [-0.25, -0.2) is 4.98 Å². The first kappa shape index (κ1) is 9.45. The highest BCUT2D eigenvalue weighted by Gasteiger charge is 2.12. The summed E-state index contributed by atoms with van der Waals surface area (Å²) in [5.74, 6) is 0. The van der Waals surface area contributed by atoms with Gasteiger partial charge < -0.3 is 4.42 Å². The van der Waals surface area contributed by atoms with Crippen LogP contribution in [0.2, 0.25) is 5.15 Å². The van der Waals surface area contributed by atoms with Crippen molar-refractivity contribution in [3.8, 4) is 0 Å². The normalized spacial score (nSPS) is 11.8. The Balaban J connectivity index is 2.37. The van der Waals surface area contributed by atoms with E-state index in [9.17, 15) is 0 Å². The van der Waals surface area contributed by atoms with Crippen LogP contribution in [0.5, 0.6) is 0 Å². The van der Waals surface area contributed by atoms with Crippen LogP contribution in [0.25, 0.3) is 31.1 Å². The Morgan fingerprint density at radius 3 is 3.06 bits per heavy atom. The van der Waals surface area contributed by atoms with Crippen molar-refractivity contribution in [1.29, 1.82) is 0 Å². The summed E-state index contributed by atoms with van der Waals surface area (Å²) in [6, 6.07) is 8.09. The van der Waals surface area contributed by atoms with Crippen LogP contribution in [0.15, 0.2) is 41.1 Å². The molecule has 0 fully saturated rings. The van der Waals surface area contributed by atoms with E-state index < -0.39 is 0 Å². The molecule has 0 aliphatic carbocycles. The van der Waals surface area contributed by atoms with E-state index in [-0.39, 0.29) is 0 Å². The van der Waals surface area contributed by atoms with Gasteiger partial charge in [-0.15, -0.1) is 11.3 Å². The average molecular weight is 260 g/mol. The molecule has 0 saturated heterocycles. The molecule has 0 atom stereocenters. The second kappa shape index (κ2) is 3.22. The number of thiophene rings is 1. The molecular weight excluding hydrogens is 254 g/mol. The topological polar surface area (TPSA) is 26.0 Å². The minimum atomic E-state index is 0.555. The fraction of sp³-hybridized carbons (Fsp3) is 0. The zero-order valence-electron chi connectivity index (χ0n) is 8.61. The van der Waals surface area contributed by atoms with Crippen molar-refractivity contribution >= 4 is 54.1 Å². The molecule has 0 saturated carbocycles. The van der Waals surface area contributed by atoms with Crippen LogP contribution in [0.4, 0.5) is 0 Å². The summed E-state index contributed by atoms with van der Waals surface area (Å²) in [6.45, 7) is 0. The van der Waals surface area contributed by atoms with Gasteiger partial charge in [-0.05, 0) is 12.1 Å². The van der Waals surface area contributed by atoms with E-state index in [2.05, 4.69) is 17.1 Å². The second-order valence-corrected chi connectivity index (χ2v) is 5.27. The first-order valence-electron chi connectivity index (χ1n) is 5.17. The Bertz CT molecular complexity index is 862. The molecule has 0 N–H and O–H groups in total. The molecule has 17 heavy (non-hydrogen) atoms. The summed E-state index contributed by atoms with van der Waals surface area (Å²) >= 11 is 7.86. The fourth-order valence-electron chi connectivity index (χ4n) is 2.16. The Morgan fingerprint density at radius 2 is 2.12 bits per heavy atom. The third kappa shape index (κ3) is 1.18. The molecule has 0 radical (unpaired) electrons. The van der Waals surface area contributed by atoms with Gasteiger partial charge in [0.15, 0.2) is 5.58 Å². The summed E-state index contributed by atoms with van der Waals surface area (Å²) in [4.78, 5) is 4.14. The predicted octanol–water partition coefficient (Wildman–Crippen LogP) is 4.85. The first-order chi connectivity index (χ1) is 8.34. The highest BCUT2D eigenvalue weighted by atomic mass is 35.5. The van der Waals surface area contributed by atoms with Gasteiger partial charge in [0.2, 0.25) is 0 Å². The van der Waals surface area contributed by atoms with E-state index in [0.717, 1.165) is 31.1 Å². The standard InChI is InChI=1S/C13H6ClNOS/c14-13-10-8-2-1-7-4-6-16-11(7)12(8)17-9(10)3-5-15-13/h1-6H. The molecule has 0 aliphatic heterocycles. The number of halogens is 1. The molecule has 0 bridgehead atoms. The van der Waals surface area contributed by atoms with Crippen molar-refractivity contribution in [2.45, 2.75) is 0 Å². The van der Waals surface area contributed by atoms with Gasteiger partial charge in [0.25, 0.3) is 0 Å². The van der Waals surface area contributed by atoms with Crippen molar-refractivity contribution in [3.05, 3.63) is 41.9 Å². The molecule has 0 spiro atoms. The highest BCUT2D eigenvalue weighted by molar-refractivity contribution is 7.26. The zero-order valence-corrected chi connectivity index (χ0v) is 10.2. The van der Waals surface area contributed by atoms with Gasteiger partial charge >= 0.3 is 0 Å². The molecule has 82 valence electrons. The number of benzene rings is 1. The molecule has 0 amide bonds. The molecule has 0 unspecified atom stereocenters. The highest BCUT2D eigenvalue weighted by Crippen LogP contribution is 2.40. The van der Waals surface area contributed by atoms with Crippen molar-refractivity contribution in [3.63, 3.8) is 0 Å². The number of furan rings is 1. The maximum atomic E-state index is 6.17. The number of fused-ring (bicyclic) bond motifs is 5. The van der Waals surface area contributed by atoms with Crippen molar-refractivity contribution in [2.24, 2.45) is 0 Å². The Kier molecular flexibility index (Phi) is 1.79. The van der Waals surface area contributed by atoms with E-state index in [1.165, 1.54) is 0 Å². The maximum Gasteiger partial charge on any atom is 0.151 e. The van der Waals surface area contributed by atoms with Crippen molar-refractivity contribution in [2.75, 3.05) is 0 Å². The second-order valence-electron chi connectivity index (χ2n) is 3.86. The van der Waals surface area contributed by atoms with Gasteiger partial charge in [0.1, 0.15) is 5.15 Å². The predicted molar refractivity (Wildman–Crippen MR) is 71.9 cm³/mol. The first-order valence-corrected chi connectivity index (χ1v) is 6.37. The number of pyridine rings is 1. The van der Waals surface area contributed by atoms with Crippen LogP contribution in [-0.4, -0.2) is 4.98 Å². The number of aromatic nitrogens is 1. The number of hydrogen-bond acceptors (Lipinski definition) is 3. The van der Waals surface area contributed by atoms with E-state index in [1.54, 1.807) is 23.8 Å². The molecular formula is C13H6ClNOS. The van der Waals surface area contributed by atoms with Crippen LogP contribution >= 0.6 is 22.9 Å². The lowest BCUT2D eigenvalue weighted by atomic mass is 10.1. The monoisotopic (exact) mass is 259 g/mol. The van der Waals surface area contributed by atoms with Crippen molar-refractivity contribution in [1.82, 2.24) is 4.98 Å². The van der Waals surface area contributed by atoms with Crippen LogP contribution in [0.1, 0.15) is 0 Å². The van der Waals surface area contributed by atoms with E-state index in [1.807, 2.05) is 12.1 Å². The van der Waals surface area contributed by atoms with E-state index >= 15 is 0 Å². The van der Waals surface area contributed by atoms with Crippen LogP contribution in [0.3, 0.4) is 0 Å². The van der Waals surface area contributed by atoms with Crippen LogP contribution in [-0.2, 0) is 0 Å².